The molecular formula is C21H26FN3O4S. The van der Waals surface area contributed by atoms with Crippen LogP contribution in [-0.2, 0) is 10.0 Å². The largest absolute Gasteiger partial charge is 0.454 e. The van der Waals surface area contributed by atoms with Gasteiger partial charge in [0, 0.05) is 38.8 Å². The molecule has 9 heteroatoms. The van der Waals surface area contributed by atoms with Gasteiger partial charge in [0.25, 0.3) is 0 Å². The number of rotatable bonds is 6. The Hall–Kier alpha value is -2.20. The van der Waals surface area contributed by atoms with Gasteiger partial charge in [-0.25, -0.2) is 17.5 Å². The second-order valence-electron chi connectivity index (χ2n) is 7.73. The SMILES string of the molecule is Cc1cc(S(=O)(=O)NC[C@H](c2ccc3c(c2)OCO3)N2CCN(C)CC2)ccc1F. The van der Waals surface area contributed by atoms with Gasteiger partial charge >= 0.3 is 0 Å². The average molecular weight is 436 g/mol. The monoisotopic (exact) mass is 435 g/mol. The van der Waals surface area contributed by atoms with Crippen LogP contribution in [0.1, 0.15) is 17.2 Å². The fraction of sp³-hybridized carbons (Fsp3) is 0.429. The van der Waals surface area contributed by atoms with Gasteiger partial charge in [-0.3, -0.25) is 4.90 Å². The van der Waals surface area contributed by atoms with Crippen LogP contribution >= 0.6 is 0 Å². The number of hydrogen-bond donors (Lipinski definition) is 1. The highest BCUT2D eigenvalue weighted by atomic mass is 32.2. The number of halogens is 1. The minimum Gasteiger partial charge on any atom is -0.454 e. The third-order valence-corrected chi connectivity index (χ3v) is 7.09. The van der Waals surface area contributed by atoms with E-state index in [2.05, 4.69) is 21.6 Å². The zero-order valence-corrected chi connectivity index (χ0v) is 17.9. The van der Waals surface area contributed by atoms with Gasteiger partial charge in [0.2, 0.25) is 16.8 Å². The topological polar surface area (TPSA) is 71.1 Å². The molecule has 2 aromatic rings. The summed E-state index contributed by atoms with van der Waals surface area (Å²) in [6, 6.07) is 9.39. The first kappa shape index (κ1) is 21.0. The van der Waals surface area contributed by atoms with Crippen LogP contribution in [0.3, 0.4) is 0 Å². The predicted molar refractivity (Wildman–Crippen MR) is 111 cm³/mol. The molecule has 2 aliphatic heterocycles. The van der Waals surface area contributed by atoms with Gasteiger partial charge in [-0.05, 0) is 55.4 Å². The van der Waals surface area contributed by atoms with Crippen molar-refractivity contribution in [3.05, 3.63) is 53.3 Å². The molecule has 0 aromatic heterocycles. The van der Waals surface area contributed by atoms with Crippen molar-refractivity contribution in [3.8, 4) is 11.5 Å². The van der Waals surface area contributed by atoms with Crippen LogP contribution in [-0.4, -0.2) is 64.8 Å². The van der Waals surface area contributed by atoms with E-state index in [9.17, 15) is 12.8 Å². The van der Waals surface area contributed by atoms with Crippen LogP contribution in [0.15, 0.2) is 41.3 Å². The summed E-state index contributed by atoms with van der Waals surface area (Å²) in [5, 5.41) is 0. The summed E-state index contributed by atoms with van der Waals surface area (Å²) in [5.74, 6) is 0.937. The Bertz CT molecular complexity index is 1020. The molecule has 0 unspecified atom stereocenters. The number of likely N-dealkylation sites (N-methyl/N-ethyl adjacent to an activating group) is 1. The standard InChI is InChI=1S/C21H26FN3O4S/c1-15-11-17(4-5-18(15)22)30(26,27)23-13-19(25-9-7-24(2)8-10-25)16-3-6-20-21(12-16)29-14-28-20/h3-6,11-12,19,23H,7-10,13-14H2,1-2H3/t19-/m1/s1. The molecule has 0 spiro atoms. The molecule has 2 aliphatic rings. The van der Waals surface area contributed by atoms with Gasteiger partial charge in [-0.1, -0.05) is 6.07 Å². The van der Waals surface area contributed by atoms with E-state index in [0.717, 1.165) is 31.7 Å². The fourth-order valence-corrected chi connectivity index (χ4v) is 4.89. The Morgan fingerprint density at radius 3 is 2.53 bits per heavy atom. The van der Waals surface area contributed by atoms with Crippen LogP contribution in [0.25, 0.3) is 0 Å². The molecule has 1 N–H and O–H groups in total. The molecule has 2 aromatic carbocycles. The summed E-state index contributed by atoms with van der Waals surface area (Å²) < 4.78 is 52.9. The first-order valence-corrected chi connectivity index (χ1v) is 11.4. The lowest BCUT2D eigenvalue weighted by molar-refractivity contribution is 0.112. The molecule has 162 valence electrons. The highest BCUT2D eigenvalue weighted by Crippen LogP contribution is 2.35. The number of benzene rings is 2. The molecule has 0 radical (unpaired) electrons. The molecule has 7 nitrogen and oxygen atoms in total. The van der Waals surface area contributed by atoms with Gasteiger partial charge in [-0.2, -0.15) is 0 Å². The molecule has 2 heterocycles. The van der Waals surface area contributed by atoms with Gasteiger partial charge in [0.15, 0.2) is 11.5 Å². The number of ether oxygens (including phenoxy) is 2. The number of nitrogens with zero attached hydrogens (tertiary/aromatic N) is 2. The molecule has 0 saturated carbocycles. The van der Waals surface area contributed by atoms with Crippen molar-refractivity contribution in [2.75, 3.05) is 46.6 Å². The Morgan fingerprint density at radius 1 is 1.07 bits per heavy atom. The Kier molecular flexibility index (Phi) is 5.97. The summed E-state index contributed by atoms with van der Waals surface area (Å²) in [6.45, 7) is 5.40. The lowest BCUT2D eigenvalue weighted by atomic mass is 10.0. The van der Waals surface area contributed by atoms with Crippen LogP contribution < -0.4 is 14.2 Å². The Morgan fingerprint density at radius 2 is 1.80 bits per heavy atom. The molecular weight excluding hydrogens is 409 g/mol. The van der Waals surface area contributed by atoms with Gasteiger partial charge in [0.05, 0.1) is 4.90 Å². The summed E-state index contributed by atoms with van der Waals surface area (Å²) in [6.07, 6.45) is 0. The average Bonchev–Trinajstić information content (AvgIpc) is 3.19. The molecule has 4 rings (SSSR count). The van der Waals surface area contributed by atoms with E-state index in [1.165, 1.54) is 18.2 Å². The van der Waals surface area contributed by atoms with Crippen molar-refractivity contribution in [1.29, 1.82) is 0 Å². The summed E-state index contributed by atoms with van der Waals surface area (Å²) in [4.78, 5) is 4.58. The van der Waals surface area contributed by atoms with Crippen LogP contribution in [0.5, 0.6) is 11.5 Å². The summed E-state index contributed by atoms with van der Waals surface area (Å²) in [5.41, 5.74) is 1.26. The highest BCUT2D eigenvalue weighted by molar-refractivity contribution is 7.89. The Labute approximate surface area is 176 Å². The molecule has 1 fully saturated rings. The fourth-order valence-electron chi connectivity index (χ4n) is 3.77. The third-order valence-electron chi connectivity index (χ3n) is 5.67. The number of nitrogens with one attached hydrogen (secondary N) is 1. The van der Waals surface area contributed by atoms with E-state index >= 15 is 0 Å². The van der Waals surface area contributed by atoms with E-state index < -0.39 is 15.8 Å². The molecule has 1 saturated heterocycles. The lowest BCUT2D eigenvalue weighted by Crippen LogP contribution is -2.48. The van der Waals surface area contributed by atoms with Crippen molar-refractivity contribution in [1.82, 2.24) is 14.5 Å². The minimum atomic E-state index is -3.77. The van der Waals surface area contributed by atoms with Crippen molar-refractivity contribution < 1.29 is 22.3 Å². The first-order valence-electron chi connectivity index (χ1n) is 9.91. The van der Waals surface area contributed by atoms with E-state index in [1.54, 1.807) is 6.92 Å². The van der Waals surface area contributed by atoms with Crippen molar-refractivity contribution >= 4 is 10.0 Å². The van der Waals surface area contributed by atoms with Crippen molar-refractivity contribution in [2.24, 2.45) is 0 Å². The molecule has 30 heavy (non-hydrogen) atoms. The van der Waals surface area contributed by atoms with Crippen molar-refractivity contribution in [3.63, 3.8) is 0 Å². The number of fused-ring (bicyclic) bond motifs is 1. The predicted octanol–water partition coefficient (Wildman–Crippen LogP) is 2.13. The zero-order valence-electron chi connectivity index (χ0n) is 17.1. The maximum absolute atomic E-state index is 13.6. The van der Waals surface area contributed by atoms with E-state index in [1.807, 2.05) is 18.2 Å². The van der Waals surface area contributed by atoms with E-state index in [-0.39, 0.29) is 24.3 Å². The number of hydrogen-bond acceptors (Lipinski definition) is 6. The molecule has 0 bridgehead atoms. The number of piperazine rings is 1. The lowest BCUT2D eigenvalue weighted by Gasteiger charge is -2.38. The van der Waals surface area contributed by atoms with Crippen LogP contribution in [0.4, 0.5) is 4.39 Å². The normalized spacial score (nSPS) is 18.5. The quantitative estimate of drug-likeness (QED) is 0.750. The number of aryl methyl sites for hydroxylation is 1. The van der Waals surface area contributed by atoms with Crippen LogP contribution in [0.2, 0.25) is 0 Å². The van der Waals surface area contributed by atoms with Gasteiger partial charge in [0.1, 0.15) is 5.82 Å². The first-order chi connectivity index (χ1) is 14.3. The van der Waals surface area contributed by atoms with Crippen molar-refractivity contribution in [2.45, 2.75) is 17.9 Å². The second-order valence-corrected chi connectivity index (χ2v) is 9.50. The summed E-state index contributed by atoms with van der Waals surface area (Å²) >= 11 is 0. The van der Waals surface area contributed by atoms with E-state index in [0.29, 0.717) is 17.1 Å². The van der Waals surface area contributed by atoms with Crippen LogP contribution in [0, 0.1) is 12.7 Å². The second kappa shape index (κ2) is 8.50. The number of sulfonamides is 1. The third kappa shape index (κ3) is 4.44. The highest BCUT2D eigenvalue weighted by Gasteiger charge is 2.27. The molecule has 0 aliphatic carbocycles. The maximum atomic E-state index is 13.6. The Balaban J connectivity index is 1.57. The zero-order chi connectivity index (χ0) is 21.3. The maximum Gasteiger partial charge on any atom is 0.240 e. The molecule has 0 amide bonds. The van der Waals surface area contributed by atoms with Gasteiger partial charge in [-0.15, -0.1) is 0 Å². The van der Waals surface area contributed by atoms with E-state index in [4.69, 9.17) is 9.47 Å². The minimum absolute atomic E-state index is 0.0595. The van der Waals surface area contributed by atoms with Gasteiger partial charge < -0.3 is 14.4 Å². The summed E-state index contributed by atoms with van der Waals surface area (Å²) in [7, 11) is -1.70. The smallest absolute Gasteiger partial charge is 0.240 e. The molecule has 1 atom stereocenters.